The monoisotopic (exact) mass is 356 g/mol. The number of fused-ring (bicyclic) bond motifs is 1. The highest BCUT2D eigenvalue weighted by molar-refractivity contribution is 7.17. The molecule has 0 atom stereocenters. The van der Waals surface area contributed by atoms with E-state index < -0.39 is 11.9 Å². The van der Waals surface area contributed by atoms with Gasteiger partial charge in [-0.2, -0.15) is 0 Å². The summed E-state index contributed by atoms with van der Waals surface area (Å²) in [6, 6.07) is 5.02. The zero-order valence-corrected chi connectivity index (χ0v) is 14.5. The van der Waals surface area contributed by atoms with E-state index in [4.69, 9.17) is 5.73 Å². The topological polar surface area (TPSA) is 107 Å². The van der Waals surface area contributed by atoms with Crippen molar-refractivity contribution in [1.82, 2.24) is 14.9 Å². The average Bonchev–Trinajstić information content (AvgIpc) is 2.97. The Morgan fingerprint density at radius 1 is 1.28 bits per heavy atom. The van der Waals surface area contributed by atoms with Crippen molar-refractivity contribution in [1.29, 1.82) is 0 Å². The summed E-state index contributed by atoms with van der Waals surface area (Å²) >= 11 is 1.37. The van der Waals surface area contributed by atoms with Crippen molar-refractivity contribution >= 4 is 33.5 Å². The summed E-state index contributed by atoms with van der Waals surface area (Å²) in [7, 11) is 0. The van der Waals surface area contributed by atoms with E-state index >= 15 is 0 Å². The fourth-order valence-electron chi connectivity index (χ4n) is 2.53. The Bertz CT molecular complexity index is 1050. The number of aryl methyl sites for hydroxylation is 2. The fraction of sp³-hybridized carbons (Fsp3) is 0.176. The van der Waals surface area contributed by atoms with Gasteiger partial charge in [0.1, 0.15) is 11.4 Å². The second kappa shape index (κ2) is 6.48. The Morgan fingerprint density at radius 3 is 2.72 bits per heavy atom. The van der Waals surface area contributed by atoms with Crippen LogP contribution in [-0.2, 0) is 11.3 Å². The summed E-state index contributed by atoms with van der Waals surface area (Å²) in [4.78, 5) is 40.1. The third kappa shape index (κ3) is 3.29. The number of nitrogens with one attached hydrogen (secondary N) is 1. The number of hydrogen-bond acceptors (Lipinski definition) is 5. The maximum Gasteiger partial charge on any atom is 0.318 e. The zero-order valence-electron chi connectivity index (χ0n) is 13.7. The van der Waals surface area contributed by atoms with Crippen LogP contribution in [0.25, 0.3) is 21.3 Å². The van der Waals surface area contributed by atoms with E-state index in [9.17, 15) is 14.4 Å². The molecule has 0 aliphatic heterocycles. The molecule has 0 bridgehead atoms. The highest BCUT2D eigenvalue weighted by Gasteiger charge is 2.15. The number of primary amides is 1. The van der Waals surface area contributed by atoms with E-state index in [0.29, 0.717) is 10.2 Å². The second-order valence-corrected chi connectivity index (χ2v) is 6.58. The Hall–Kier alpha value is -3.00. The smallest absolute Gasteiger partial charge is 0.318 e. The largest absolute Gasteiger partial charge is 0.351 e. The standard InChI is InChI=1S/C17H16N4O3S/c1-9-3-4-11(5-10(9)2)12-7-25-15-14(12)16(23)21(8-19-15)6-13(22)20-17(18)24/h3-5,7-8H,6H2,1-2H3,(H3,18,20,22,24). The van der Waals surface area contributed by atoms with Gasteiger partial charge in [0.05, 0.1) is 11.7 Å². The lowest BCUT2D eigenvalue weighted by molar-refractivity contribution is -0.120. The molecule has 0 aliphatic rings. The number of carbonyl (C=O) groups is 2. The number of rotatable bonds is 3. The first kappa shape index (κ1) is 16.8. The Morgan fingerprint density at radius 2 is 2.04 bits per heavy atom. The lowest BCUT2D eigenvalue weighted by Gasteiger charge is -2.07. The Kier molecular flexibility index (Phi) is 4.37. The molecule has 3 amide bonds. The minimum Gasteiger partial charge on any atom is -0.351 e. The van der Waals surface area contributed by atoms with Crippen molar-refractivity contribution in [2.24, 2.45) is 5.73 Å². The Balaban J connectivity index is 2.08. The van der Waals surface area contributed by atoms with Crippen LogP contribution in [0.15, 0.2) is 34.7 Å². The molecule has 0 fully saturated rings. The number of aromatic nitrogens is 2. The number of amides is 3. The van der Waals surface area contributed by atoms with Crippen LogP contribution < -0.4 is 16.6 Å². The summed E-state index contributed by atoms with van der Waals surface area (Å²) in [5.41, 5.74) is 8.58. The number of thiophene rings is 1. The molecule has 0 saturated carbocycles. The van der Waals surface area contributed by atoms with E-state index in [1.54, 1.807) is 0 Å². The van der Waals surface area contributed by atoms with Crippen molar-refractivity contribution in [3.63, 3.8) is 0 Å². The van der Waals surface area contributed by atoms with Crippen LogP contribution in [0.5, 0.6) is 0 Å². The molecule has 8 heteroatoms. The van der Waals surface area contributed by atoms with Crippen molar-refractivity contribution < 1.29 is 9.59 Å². The summed E-state index contributed by atoms with van der Waals surface area (Å²) in [6.07, 6.45) is 1.30. The van der Waals surface area contributed by atoms with E-state index in [2.05, 4.69) is 4.98 Å². The summed E-state index contributed by atoms with van der Waals surface area (Å²) in [5.74, 6) is -0.668. The Labute approximate surface area is 147 Å². The first-order valence-electron chi connectivity index (χ1n) is 7.50. The minimum atomic E-state index is -0.960. The van der Waals surface area contributed by atoms with E-state index in [1.807, 2.05) is 42.7 Å². The van der Waals surface area contributed by atoms with Crippen LogP contribution in [0.2, 0.25) is 0 Å². The van der Waals surface area contributed by atoms with Crippen LogP contribution in [0, 0.1) is 13.8 Å². The molecule has 0 radical (unpaired) electrons. The minimum absolute atomic E-state index is 0.326. The molecule has 0 unspecified atom stereocenters. The maximum atomic E-state index is 12.8. The number of nitrogens with zero attached hydrogens (tertiary/aromatic N) is 2. The normalized spacial score (nSPS) is 10.8. The second-order valence-electron chi connectivity index (χ2n) is 5.72. The molecule has 128 valence electrons. The van der Waals surface area contributed by atoms with Crippen LogP contribution in [-0.4, -0.2) is 21.5 Å². The van der Waals surface area contributed by atoms with Crippen molar-refractivity contribution in [2.45, 2.75) is 20.4 Å². The van der Waals surface area contributed by atoms with Gasteiger partial charge >= 0.3 is 6.03 Å². The molecule has 7 nitrogen and oxygen atoms in total. The third-order valence-corrected chi connectivity index (χ3v) is 4.84. The lowest BCUT2D eigenvalue weighted by Crippen LogP contribution is -2.39. The average molecular weight is 356 g/mol. The first-order valence-corrected chi connectivity index (χ1v) is 8.38. The van der Waals surface area contributed by atoms with Crippen molar-refractivity contribution in [2.75, 3.05) is 0 Å². The number of imide groups is 1. The van der Waals surface area contributed by atoms with Gasteiger partial charge in [0.15, 0.2) is 0 Å². The predicted molar refractivity (Wildman–Crippen MR) is 96.5 cm³/mol. The van der Waals surface area contributed by atoms with Crippen molar-refractivity contribution in [3.05, 3.63) is 51.4 Å². The van der Waals surface area contributed by atoms with Gasteiger partial charge in [-0.25, -0.2) is 9.78 Å². The summed E-state index contributed by atoms with van der Waals surface area (Å²) in [5, 5.41) is 4.28. The molecule has 3 aromatic rings. The molecule has 3 N–H and O–H groups in total. The quantitative estimate of drug-likeness (QED) is 0.748. The van der Waals surface area contributed by atoms with Gasteiger partial charge in [-0.15, -0.1) is 11.3 Å². The lowest BCUT2D eigenvalue weighted by atomic mass is 10.0. The third-order valence-electron chi connectivity index (χ3n) is 3.96. The molecular weight excluding hydrogens is 340 g/mol. The molecule has 0 spiro atoms. The van der Waals surface area contributed by atoms with Gasteiger partial charge < -0.3 is 5.73 Å². The van der Waals surface area contributed by atoms with Crippen LogP contribution >= 0.6 is 11.3 Å². The number of urea groups is 1. The van der Waals surface area contributed by atoms with Crippen molar-refractivity contribution in [3.8, 4) is 11.1 Å². The van der Waals surface area contributed by atoms with Gasteiger partial charge in [0.2, 0.25) is 5.91 Å². The molecule has 1 aromatic carbocycles. The highest BCUT2D eigenvalue weighted by atomic mass is 32.1. The number of carbonyl (C=O) groups excluding carboxylic acids is 2. The fourth-order valence-corrected chi connectivity index (χ4v) is 3.44. The maximum absolute atomic E-state index is 12.8. The molecular formula is C17H16N4O3S. The number of hydrogen-bond donors (Lipinski definition) is 2. The molecule has 25 heavy (non-hydrogen) atoms. The molecule has 3 rings (SSSR count). The predicted octanol–water partition coefficient (Wildman–Crippen LogP) is 1.94. The van der Waals surface area contributed by atoms with Gasteiger partial charge in [-0.3, -0.25) is 19.5 Å². The van der Waals surface area contributed by atoms with Gasteiger partial charge in [-0.05, 0) is 30.5 Å². The number of benzene rings is 1. The van der Waals surface area contributed by atoms with Gasteiger partial charge in [0.25, 0.3) is 5.56 Å². The van der Waals surface area contributed by atoms with E-state index in [0.717, 1.165) is 21.3 Å². The van der Waals surface area contributed by atoms with E-state index in [-0.39, 0.29) is 12.1 Å². The van der Waals surface area contributed by atoms with Crippen LogP contribution in [0.3, 0.4) is 0 Å². The van der Waals surface area contributed by atoms with Crippen LogP contribution in [0.4, 0.5) is 4.79 Å². The molecule has 0 saturated heterocycles. The summed E-state index contributed by atoms with van der Waals surface area (Å²) in [6.45, 7) is 3.71. The van der Waals surface area contributed by atoms with E-state index in [1.165, 1.54) is 23.2 Å². The molecule has 2 heterocycles. The zero-order chi connectivity index (χ0) is 18.1. The summed E-state index contributed by atoms with van der Waals surface area (Å²) < 4.78 is 1.16. The SMILES string of the molecule is Cc1ccc(-c2csc3ncn(CC(=O)NC(N)=O)c(=O)c23)cc1C. The van der Waals surface area contributed by atoms with Gasteiger partial charge in [0, 0.05) is 10.9 Å². The first-order chi connectivity index (χ1) is 11.9. The highest BCUT2D eigenvalue weighted by Crippen LogP contribution is 2.31. The molecule has 0 aliphatic carbocycles. The van der Waals surface area contributed by atoms with Crippen LogP contribution in [0.1, 0.15) is 11.1 Å². The molecule has 2 aromatic heterocycles. The number of nitrogens with two attached hydrogens (primary N) is 1. The van der Waals surface area contributed by atoms with Gasteiger partial charge in [-0.1, -0.05) is 18.2 Å².